The molecule has 4 amide bonds. The van der Waals surface area contributed by atoms with Gasteiger partial charge in [-0.15, -0.1) is 0 Å². The van der Waals surface area contributed by atoms with Crippen LogP contribution < -0.4 is 30.2 Å². The molecular weight excluding hydrogens is 1770 g/mol. The summed E-state index contributed by atoms with van der Waals surface area (Å²) in [6, 6.07) is 29.6. The van der Waals surface area contributed by atoms with Crippen molar-refractivity contribution in [1.29, 1.82) is 0 Å². The number of amides is 4. The number of alkyl halides is 12. The molecule has 6 aromatic rings. The van der Waals surface area contributed by atoms with Gasteiger partial charge >= 0.3 is 61.0 Å². The van der Waals surface area contributed by atoms with Crippen molar-refractivity contribution in [2.24, 2.45) is 59.2 Å². The van der Waals surface area contributed by atoms with E-state index in [1.807, 2.05) is 88.0 Å². The highest BCUT2D eigenvalue weighted by atomic mass is 79.9. The molecule has 704 valence electrons. The molecule has 0 unspecified atom stereocenters. The van der Waals surface area contributed by atoms with Gasteiger partial charge in [-0.25, -0.2) is 28.8 Å². The number of carbonyl (C=O) groups excluding carboxylic acids is 6. The number of nitrogens with one attached hydrogen (secondary N) is 2. The number of hydrogen-bond acceptors (Lipinski definition) is 18. The number of fused-ring (bicyclic) bond motifs is 5. The topological polar surface area (TPSA) is 208 Å². The van der Waals surface area contributed by atoms with E-state index in [4.69, 9.17) is 28.4 Å². The van der Waals surface area contributed by atoms with Crippen LogP contribution in [0.2, 0.25) is 0 Å². The van der Waals surface area contributed by atoms with Crippen molar-refractivity contribution in [3.63, 3.8) is 0 Å². The summed E-state index contributed by atoms with van der Waals surface area (Å²) in [5.41, 5.74) is 1.24. The van der Waals surface area contributed by atoms with Gasteiger partial charge < -0.3 is 78.3 Å². The van der Waals surface area contributed by atoms with Crippen molar-refractivity contribution < 1.29 is 110 Å². The average Bonchev–Trinajstić information content (AvgIpc) is 1.68. The summed E-state index contributed by atoms with van der Waals surface area (Å²) in [6.07, 6.45) is -18.6. The first-order chi connectivity index (χ1) is 60.1. The Balaban J connectivity index is 0.000000149. The monoisotopic (exact) mass is 1880 g/mol. The van der Waals surface area contributed by atoms with E-state index in [2.05, 4.69) is 46.2 Å². The van der Waals surface area contributed by atoms with Crippen LogP contribution in [-0.4, -0.2) is 223 Å². The van der Waals surface area contributed by atoms with Gasteiger partial charge in [0.25, 0.3) is 0 Å². The van der Waals surface area contributed by atoms with Gasteiger partial charge in [0.1, 0.15) is 22.4 Å². The zero-order valence-electron chi connectivity index (χ0n) is 74.9. The molecular formula is C94H115BrF12N10O12. The molecule has 10 fully saturated rings. The highest BCUT2D eigenvalue weighted by Crippen LogP contribution is 2.47. The summed E-state index contributed by atoms with van der Waals surface area (Å²) in [7, 11) is 2.57. The van der Waals surface area contributed by atoms with Gasteiger partial charge in [0.05, 0.1) is 53.3 Å². The van der Waals surface area contributed by atoms with Gasteiger partial charge in [-0.1, -0.05) is 24.3 Å². The van der Waals surface area contributed by atoms with Gasteiger partial charge in [0, 0.05) is 199 Å². The van der Waals surface area contributed by atoms with Gasteiger partial charge in [-0.2, -0.15) is 52.7 Å². The van der Waals surface area contributed by atoms with Crippen LogP contribution in [0.5, 0.6) is 0 Å². The second-order valence-electron chi connectivity index (χ2n) is 38.9. The van der Waals surface area contributed by atoms with Crippen LogP contribution in [-0.2, 0) is 53.1 Å². The Labute approximate surface area is 753 Å². The summed E-state index contributed by atoms with van der Waals surface area (Å²) in [6.45, 7) is 37.4. The first-order valence-electron chi connectivity index (χ1n) is 43.3. The molecule has 0 saturated carbocycles. The Bertz CT molecular complexity index is 4890. The molecule has 10 heterocycles. The summed E-state index contributed by atoms with van der Waals surface area (Å²) >= 11 is 3.27. The number of hydrogen-bond donors (Lipinski definition) is 2. The maximum Gasteiger partial charge on any atom is 0.416 e. The van der Waals surface area contributed by atoms with Crippen molar-refractivity contribution in [2.45, 2.75) is 130 Å². The third-order valence-electron chi connectivity index (χ3n) is 24.6. The summed E-state index contributed by atoms with van der Waals surface area (Å²) < 4.78 is 188. The minimum Gasteiger partial charge on any atom is -0.465 e. The van der Waals surface area contributed by atoms with E-state index in [9.17, 15) is 81.5 Å². The molecule has 0 aliphatic carbocycles. The molecule has 35 heteroatoms. The van der Waals surface area contributed by atoms with Crippen molar-refractivity contribution in [3.05, 3.63) is 165 Å². The number of rotatable bonds is 8. The minimum atomic E-state index is -4.48. The summed E-state index contributed by atoms with van der Waals surface area (Å²) in [5.74, 6) is 3.01. The molecule has 10 aliphatic rings. The first-order valence-corrected chi connectivity index (χ1v) is 44.1. The molecule has 6 aromatic carbocycles. The molecule has 22 nitrogen and oxygen atoms in total. The lowest BCUT2D eigenvalue weighted by Crippen LogP contribution is -2.37. The van der Waals surface area contributed by atoms with Crippen molar-refractivity contribution in [1.82, 2.24) is 30.2 Å². The SMILES string of the molecule is CC(C)(C)OC(=O)N1C[C@@H]2CN(c3ccc(C(F)(F)F)cc3)C[C@@H]2C1.CC(C)(C)OC(=O)N1C[C@@H]2CN(c3ccc(C(F)(F)F)cc3Br)C[C@@H]2C1.CC(C)(C)OC(=O)N1C[C@H]2CNC[C@H]2C1.COC(=O)c1ccc(-c2cc(C(F)(F)F)ccc2N2C[C@H]3CN(C(=O)OC(C)(C)C)C[C@H]3C2)cc1.COC(=O)c1ccc(-c2cc(C(F)(F)F)ccc2N2C[C@H]3CNC[C@H]3C2)cc1. The van der Waals surface area contributed by atoms with Crippen LogP contribution in [0.1, 0.15) is 126 Å². The van der Waals surface area contributed by atoms with Crippen LogP contribution in [0.4, 0.5) is 94.6 Å². The zero-order valence-corrected chi connectivity index (χ0v) is 76.5. The van der Waals surface area contributed by atoms with E-state index < -0.39 is 75.7 Å². The third kappa shape index (κ3) is 25.2. The number of likely N-dealkylation sites (tertiary alicyclic amines) is 4. The number of nitrogens with zero attached hydrogens (tertiary/aromatic N) is 8. The number of methoxy groups -OCH3 is 2. The van der Waals surface area contributed by atoms with Crippen molar-refractivity contribution in [3.8, 4) is 22.3 Å². The lowest BCUT2D eigenvalue weighted by molar-refractivity contribution is -0.138. The van der Waals surface area contributed by atoms with E-state index in [1.165, 1.54) is 44.6 Å². The predicted octanol–water partition coefficient (Wildman–Crippen LogP) is 19.1. The largest absolute Gasteiger partial charge is 0.465 e. The van der Waals surface area contributed by atoms with E-state index in [-0.39, 0.29) is 41.8 Å². The minimum absolute atomic E-state index is 0.156. The smallest absolute Gasteiger partial charge is 0.416 e. The van der Waals surface area contributed by atoms with Gasteiger partial charge in [-0.05, 0) is 237 Å². The third-order valence-corrected chi connectivity index (χ3v) is 25.2. The Hall–Kier alpha value is -9.90. The van der Waals surface area contributed by atoms with Gasteiger partial charge in [0.2, 0.25) is 0 Å². The Morgan fingerprint density at radius 3 is 0.814 bits per heavy atom. The fraction of sp³-hybridized carbons (Fsp3) is 0.553. The number of carbonyl (C=O) groups is 6. The van der Waals surface area contributed by atoms with E-state index in [0.717, 1.165) is 125 Å². The molecule has 0 spiro atoms. The maximum absolute atomic E-state index is 13.5. The summed E-state index contributed by atoms with van der Waals surface area (Å²) in [4.78, 5) is 87.5. The van der Waals surface area contributed by atoms with E-state index >= 15 is 0 Å². The number of benzene rings is 6. The first kappa shape index (κ1) is 98.1. The molecule has 10 aliphatic heterocycles. The van der Waals surface area contributed by atoms with Crippen LogP contribution in [0.25, 0.3) is 22.3 Å². The number of anilines is 4. The normalized spacial score (nSPS) is 23.0. The lowest BCUT2D eigenvalue weighted by Gasteiger charge is -2.27. The fourth-order valence-electron chi connectivity index (χ4n) is 18.4. The molecule has 0 bridgehead atoms. The van der Waals surface area contributed by atoms with Crippen molar-refractivity contribution in [2.75, 3.05) is 165 Å². The second kappa shape index (κ2) is 38.9. The molecule has 16 rings (SSSR count). The number of halogens is 13. The molecule has 0 radical (unpaired) electrons. The van der Waals surface area contributed by atoms with Gasteiger partial charge in [-0.3, -0.25) is 0 Å². The van der Waals surface area contributed by atoms with Gasteiger partial charge in [0.15, 0.2) is 0 Å². The predicted molar refractivity (Wildman–Crippen MR) is 468 cm³/mol. The van der Waals surface area contributed by atoms with Crippen LogP contribution in [0.15, 0.2) is 132 Å². The van der Waals surface area contributed by atoms with Crippen molar-refractivity contribution >= 4 is 75.0 Å². The van der Waals surface area contributed by atoms with Crippen LogP contribution >= 0.6 is 15.9 Å². The zero-order chi connectivity index (χ0) is 94.2. The molecule has 10 saturated heterocycles. The standard InChI is InChI=1S/C26H29F3N2O4.C21H21F3N2O2.C18H22BrF3N2O2.C18H23F3N2O2.C11H20N2O2/c1-25(2,3)35-24(33)31-14-18-12-30(13-19(18)15-31)22-10-9-20(26(27,28)29)11-21(22)16-5-7-17(8-6-16)23(32)34-4;1-28-20(27)14-4-2-13(3-5-14)18-8-17(21(22,23)24)6-7-19(18)26-11-15-9-25-10-16(15)12-26;1-17(2,3)26-16(25)24-9-11-7-23(8-12(11)10-24)15-5-4-13(6-14(15)19)18(20,21)22;1-17(2,3)25-16(24)23-10-12-8-22(9-13(12)11-23)15-6-4-14(5-7-15)18(19,20)21;1-11(2,3)15-10(14)13-6-8-4-12-5-9(8)7-13/h5-11,18-19H,12-15H2,1-4H3;2-8,15-16,25H,9-12H2,1H3;4-6,11-12H,7-10H2,1-3H3;4-7,12-13H,8-11H2,1-3H3;8-9,12H,4-7H2,1-3H3/t18-,19+;15-,16+;11-,12+;12-,13+;8-,9+. The van der Waals surface area contributed by atoms with E-state index in [1.54, 1.807) is 69.3 Å². The summed E-state index contributed by atoms with van der Waals surface area (Å²) in [5, 5.41) is 6.73. The lowest BCUT2D eigenvalue weighted by atomic mass is 9.98. The second-order valence-corrected chi connectivity index (χ2v) is 39.7. The molecule has 10 atom stereocenters. The highest BCUT2D eigenvalue weighted by molar-refractivity contribution is 9.10. The van der Waals surface area contributed by atoms with Crippen LogP contribution in [0, 0.1) is 59.2 Å². The highest BCUT2D eigenvalue weighted by Gasteiger charge is 2.49. The average molecular weight is 1880 g/mol. The number of ether oxygens (including phenoxy) is 6. The Morgan fingerprint density at radius 1 is 0.302 bits per heavy atom. The number of esters is 2. The van der Waals surface area contributed by atoms with E-state index in [0.29, 0.717) is 156 Å². The maximum atomic E-state index is 13.5. The van der Waals surface area contributed by atoms with Crippen LogP contribution in [0.3, 0.4) is 0 Å². The molecule has 0 aromatic heterocycles. The molecule has 129 heavy (non-hydrogen) atoms. The fourth-order valence-corrected chi connectivity index (χ4v) is 19.1. The Kier molecular flexibility index (Phi) is 29.6. The quantitative estimate of drug-likeness (QED) is 0.0825. The Morgan fingerprint density at radius 2 is 0.543 bits per heavy atom. The molecule has 2 N–H and O–H groups in total.